The van der Waals surface area contributed by atoms with Crippen LogP contribution in [-0.4, -0.2) is 42.0 Å². The van der Waals surface area contributed by atoms with Gasteiger partial charge >= 0.3 is 0 Å². The van der Waals surface area contributed by atoms with Gasteiger partial charge < -0.3 is 9.84 Å². The summed E-state index contributed by atoms with van der Waals surface area (Å²) in [6.07, 6.45) is 3.89. The van der Waals surface area contributed by atoms with Crippen molar-refractivity contribution in [2.75, 3.05) is 26.2 Å². The third kappa shape index (κ3) is 5.69. The van der Waals surface area contributed by atoms with Crippen LogP contribution >= 0.6 is 23.7 Å². The highest BCUT2D eigenvalue weighted by Crippen LogP contribution is 2.40. The number of ether oxygens (including phenoxy) is 1. The van der Waals surface area contributed by atoms with E-state index in [2.05, 4.69) is 17.9 Å². The molecule has 1 aliphatic rings. The van der Waals surface area contributed by atoms with Crippen LogP contribution in [0, 0.1) is 6.92 Å². The lowest BCUT2D eigenvalue weighted by Crippen LogP contribution is -2.33. The minimum absolute atomic E-state index is 0. The zero-order valence-electron chi connectivity index (χ0n) is 19.8. The first kappa shape index (κ1) is 25.2. The highest BCUT2D eigenvalue weighted by Gasteiger charge is 2.22. The molecule has 0 atom stereocenters. The number of rotatable bonds is 7. The van der Waals surface area contributed by atoms with Gasteiger partial charge in [0.15, 0.2) is 5.78 Å². The zero-order chi connectivity index (χ0) is 23.5. The minimum atomic E-state index is -0.00181. The van der Waals surface area contributed by atoms with Crippen molar-refractivity contribution in [1.29, 1.82) is 0 Å². The van der Waals surface area contributed by atoms with E-state index in [1.807, 2.05) is 48.5 Å². The molecule has 1 saturated heterocycles. The molecule has 182 valence electrons. The second-order valence-electron chi connectivity index (χ2n) is 8.96. The molecule has 4 aromatic rings. The van der Waals surface area contributed by atoms with E-state index in [0.29, 0.717) is 17.7 Å². The number of aromatic hydroxyl groups is 1. The molecular weight excluding hydrogens is 478 g/mol. The predicted octanol–water partition coefficient (Wildman–Crippen LogP) is 7.10. The number of thiophene rings is 1. The van der Waals surface area contributed by atoms with E-state index in [9.17, 15) is 9.90 Å². The molecular formula is C29H30ClNO3S. The van der Waals surface area contributed by atoms with Crippen molar-refractivity contribution in [3.8, 4) is 21.9 Å². The molecule has 1 fully saturated rings. The van der Waals surface area contributed by atoms with Crippen molar-refractivity contribution in [3.05, 3.63) is 83.4 Å². The first-order valence-corrected chi connectivity index (χ1v) is 12.7. The quantitative estimate of drug-likeness (QED) is 0.271. The smallest absolute Gasteiger partial charge is 0.195 e. The number of likely N-dealkylation sites (tertiary alicyclic amines) is 1. The van der Waals surface area contributed by atoms with Gasteiger partial charge in [-0.3, -0.25) is 9.69 Å². The van der Waals surface area contributed by atoms with Crippen LogP contribution in [0.25, 0.3) is 20.5 Å². The van der Waals surface area contributed by atoms with Crippen molar-refractivity contribution < 1.29 is 14.6 Å². The predicted molar refractivity (Wildman–Crippen MR) is 147 cm³/mol. The topological polar surface area (TPSA) is 49.8 Å². The molecule has 3 aromatic carbocycles. The largest absolute Gasteiger partial charge is 0.508 e. The van der Waals surface area contributed by atoms with E-state index < -0.39 is 0 Å². The maximum atomic E-state index is 13.7. The van der Waals surface area contributed by atoms with Gasteiger partial charge in [0.1, 0.15) is 18.1 Å². The number of carbonyl (C=O) groups excluding carboxylic acids is 1. The van der Waals surface area contributed by atoms with Gasteiger partial charge in [0.05, 0.1) is 0 Å². The van der Waals surface area contributed by atoms with Crippen LogP contribution < -0.4 is 4.74 Å². The molecule has 2 heterocycles. The highest BCUT2D eigenvalue weighted by molar-refractivity contribution is 7.22. The van der Waals surface area contributed by atoms with Gasteiger partial charge in [0, 0.05) is 32.6 Å². The standard InChI is InChI=1S/C29H29NO3S.ClH/c1-20-5-14-25-26(19-20)34-29(22-6-10-23(31)11-7-22)27(25)28(32)21-8-12-24(13-9-21)33-18-17-30-15-3-2-4-16-30;/h5-14,19,31H,2-4,15-18H2,1H3;1H. The Bertz CT molecular complexity index is 1290. The van der Waals surface area contributed by atoms with E-state index in [1.165, 1.54) is 19.3 Å². The second-order valence-corrected chi connectivity index (χ2v) is 10.0. The molecule has 6 heteroatoms. The van der Waals surface area contributed by atoms with E-state index in [4.69, 9.17) is 4.74 Å². The lowest BCUT2D eigenvalue weighted by atomic mass is 9.97. The van der Waals surface area contributed by atoms with Gasteiger partial charge in [0.25, 0.3) is 0 Å². The van der Waals surface area contributed by atoms with E-state index in [0.717, 1.165) is 51.5 Å². The summed E-state index contributed by atoms with van der Waals surface area (Å²) in [7, 11) is 0. The number of phenols is 1. The number of aryl methyl sites for hydroxylation is 1. The molecule has 0 saturated carbocycles. The van der Waals surface area contributed by atoms with Gasteiger partial charge in [-0.25, -0.2) is 0 Å². The Kier molecular flexibility index (Phi) is 8.11. The molecule has 1 N–H and O–H groups in total. The molecule has 0 bridgehead atoms. The van der Waals surface area contributed by atoms with Crippen molar-refractivity contribution in [2.45, 2.75) is 26.2 Å². The number of halogens is 1. The Morgan fingerprint density at radius 3 is 2.40 bits per heavy atom. The minimum Gasteiger partial charge on any atom is -0.508 e. The van der Waals surface area contributed by atoms with Crippen LogP contribution in [0.15, 0.2) is 66.7 Å². The number of nitrogens with zero attached hydrogens (tertiary/aromatic N) is 1. The number of carbonyl (C=O) groups is 1. The Hall–Kier alpha value is -2.86. The zero-order valence-corrected chi connectivity index (χ0v) is 21.5. The van der Waals surface area contributed by atoms with Crippen molar-refractivity contribution in [2.24, 2.45) is 0 Å². The van der Waals surface area contributed by atoms with Crippen molar-refractivity contribution in [1.82, 2.24) is 4.90 Å². The number of phenolic OH excluding ortho intramolecular Hbond substituents is 1. The maximum Gasteiger partial charge on any atom is 0.195 e. The number of hydrogen-bond acceptors (Lipinski definition) is 5. The number of benzene rings is 3. The summed E-state index contributed by atoms with van der Waals surface area (Å²) < 4.78 is 7.03. The summed E-state index contributed by atoms with van der Waals surface area (Å²) in [5.74, 6) is 1.00. The van der Waals surface area contributed by atoms with E-state index >= 15 is 0 Å². The summed E-state index contributed by atoms with van der Waals surface area (Å²) in [4.78, 5) is 17.1. The molecule has 0 spiro atoms. The van der Waals surface area contributed by atoms with Crippen LogP contribution in [0.5, 0.6) is 11.5 Å². The number of ketones is 1. The molecule has 0 amide bonds. The van der Waals surface area contributed by atoms with Crippen LogP contribution in [-0.2, 0) is 0 Å². The molecule has 35 heavy (non-hydrogen) atoms. The normalized spacial score (nSPS) is 14.0. The first-order chi connectivity index (χ1) is 16.6. The van der Waals surface area contributed by atoms with Crippen LogP contribution in [0.2, 0.25) is 0 Å². The van der Waals surface area contributed by atoms with Crippen LogP contribution in [0.4, 0.5) is 0 Å². The van der Waals surface area contributed by atoms with Crippen molar-refractivity contribution in [3.63, 3.8) is 0 Å². The Labute approximate surface area is 216 Å². The lowest BCUT2D eigenvalue weighted by molar-refractivity contribution is 0.104. The molecule has 0 aliphatic carbocycles. The average molecular weight is 508 g/mol. The maximum absolute atomic E-state index is 13.7. The molecule has 0 unspecified atom stereocenters. The number of piperidine rings is 1. The molecule has 0 radical (unpaired) electrons. The summed E-state index contributed by atoms with van der Waals surface area (Å²) in [5.41, 5.74) is 3.45. The van der Waals surface area contributed by atoms with Gasteiger partial charge in [-0.05, 0) is 98.6 Å². The summed E-state index contributed by atoms with van der Waals surface area (Å²) >= 11 is 1.62. The first-order valence-electron chi connectivity index (χ1n) is 11.9. The van der Waals surface area contributed by atoms with Gasteiger partial charge in [-0.1, -0.05) is 18.6 Å². The summed E-state index contributed by atoms with van der Waals surface area (Å²) in [6, 6.07) is 20.8. The fourth-order valence-electron chi connectivity index (χ4n) is 4.57. The second kappa shape index (κ2) is 11.3. The third-order valence-corrected chi connectivity index (χ3v) is 7.65. The Morgan fingerprint density at radius 2 is 1.69 bits per heavy atom. The number of fused-ring (bicyclic) bond motifs is 1. The SMILES string of the molecule is Cc1ccc2c(C(=O)c3ccc(OCCN4CCCCC4)cc3)c(-c3ccc(O)cc3)sc2c1.Cl. The van der Waals surface area contributed by atoms with E-state index in [1.54, 1.807) is 23.5 Å². The van der Waals surface area contributed by atoms with Gasteiger partial charge in [-0.15, -0.1) is 23.7 Å². The Balaban J connectivity index is 0.00000289. The monoisotopic (exact) mass is 507 g/mol. The molecule has 4 nitrogen and oxygen atoms in total. The third-order valence-electron chi connectivity index (χ3n) is 6.44. The number of hydrogen-bond donors (Lipinski definition) is 1. The van der Waals surface area contributed by atoms with Crippen LogP contribution in [0.1, 0.15) is 40.7 Å². The van der Waals surface area contributed by atoms with Gasteiger partial charge in [0.2, 0.25) is 0 Å². The van der Waals surface area contributed by atoms with Gasteiger partial charge in [-0.2, -0.15) is 0 Å². The highest BCUT2D eigenvalue weighted by atomic mass is 35.5. The fraction of sp³-hybridized carbons (Fsp3) is 0.276. The molecule has 1 aliphatic heterocycles. The summed E-state index contributed by atoms with van der Waals surface area (Å²) in [5, 5.41) is 10.7. The molecule has 1 aromatic heterocycles. The average Bonchev–Trinajstić information content (AvgIpc) is 3.23. The van der Waals surface area contributed by atoms with E-state index in [-0.39, 0.29) is 23.9 Å². The fourth-order valence-corrected chi connectivity index (χ4v) is 5.87. The lowest BCUT2D eigenvalue weighted by Gasteiger charge is -2.26. The van der Waals surface area contributed by atoms with Crippen LogP contribution in [0.3, 0.4) is 0 Å². The molecule has 5 rings (SSSR count). The summed E-state index contributed by atoms with van der Waals surface area (Å²) in [6.45, 7) is 5.98. The Morgan fingerprint density at radius 1 is 0.971 bits per heavy atom. The van der Waals surface area contributed by atoms with Crippen molar-refractivity contribution >= 4 is 39.6 Å².